The first-order valence-electron chi connectivity index (χ1n) is 4.82. The molecule has 2 rings (SSSR count). The van der Waals surface area contributed by atoms with Crippen LogP contribution < -0.4 is 9.62 Å². The highest BCUT2D eigenvalue weighted by Crippen LogP contribution is 2.28. The van der Waals surface area contributed by atoms with Gasteiger partial charge in [-0.3, -0.25) is 0 Å². The van der Waals surface area contributed by atoms with Gasteiger partial charge >= 0.3 is 0 Å². The molecule has 1 aliphatic rings. The number of hydrogen-bond acceptors (Lipinski definition) is 3. The van der Waals surface area contributed by atoms with Crippen LogP contribution in [0.5, 0.6) is 0 Å². The predicted octanol–water partition coefficient (Wildman–Crippen LogP) is 0.587. The van der Waals surface area contributed by atoms with Gasteiger partial charge in [-0.1, -0.05) is 6.07 Å². The van der Waals surface area contributed by atoms with E-state index in [0.29, 0.717) is 4.90 Å². The molecule has 0 radical (unpaired) electrons. The summed E-state index contributed by atoms with van der Waals surface area (Å²) in [4.78, 5) is 2.40. The number of nitrogens with one attached hydrogen (secondary N) is 1. The first kappa shape index (κ1) is 10.4. The minimum absolute atomic E-state index is 0.331. The van der Waals surface area contributed by atoms with Crippen molar-refractivity contribution in [1.82, 2.24) is 4.72 Å². The largest absolute Gasteiger partial charge is 0.374 e. The van der Waals surface area contributed by atoms with Crippen molar-refractivity contribution in [2.75, 3.05) is 25.5 Å². The average Bonchev–Trinajstić information content (AvgIpc) is 2.60. The van der Waals surface area contributed by atoms with E-state index in [9.17, 15) is 8.42 Å². The monoisotopic (exact) mass is 226 g/mol. The second-order valence-corrected chi connectivity index (χ2v) is 5.56. The van der Waals surface area contributed by atoms with Crippen LogP contribution in [0.25, 0.3) is 0 Å². The van der Waals surface area contributed by atoms with Crippen LogP contribution in [0, 0.1) is 0 Å². The third kappa shape index (κ3) is 1.72. The van der Waals surface area contributed by atoms with Crippen LogP contribution in [0.4, 0.5) is 5.69 Å². The molecule has 1 heterocycles. The number of anilines is 1. The van der Waals surface area contributed by atoms with Crippen LogP contribution in [-0.4, -0.2) is 29.1 Å². The Labute approximate surface area is 90.0 Å². The van der Waals surface area contributed by atoms with Crippen molar-refractivity contribution in [3.05, 3.63) is 23.8 Å². The van der Waals surface area contributed by atoms with E-state index < -0.39 is 10.0 Å². The summed E-state index contributed by atoms with van der Waals surface area (Å²) < 4.78 is 25.5. The van der Waals surface area contributed by atoms with E-state index in [4.69, 9.17) is 0 Å². The van der Waals surface area contributed by atoms with Crippen molar-refractivity contribution < 1.29 is 8.42 Å². The first-order chi connectivity index (χ1) is 7.04. The predicted molar refractivity (Wildman–Crippen MR) is 59.7 cm³/mol. The fraction of sp³-hybridized carbons (Fsp3) is 0.400. The summed E-state index contributed by atoms with van der Waals surface area (Å²) in [6, 6.07) is 5.28. The van der Waals surface area contributed by atoms with Gasteiger partial charge in [0.1, 0.15) is 0 Å². The third-order valence-corrected chi connectivity index (χ3v) is 4.18. The molecule has 1 aromatic carbocycles. The Balaban J connectivity index is 2.51. The lowest BCUT2D eigenvalue weighted by Crippen LogP contribution is -2.19. The zero-order valence-electron chi connectivity index (χ0n) is 8.82. The van der Waals surface area contributed by atoms with Crippen molar-refractivity contribution in [2.24, 2.45) is 0 Å². The van der Waals surface area contributed by atoms with Crippen LogP contribution in [-0.2, 0) is 16.4 Å². The van der Waals surface area contributed by atoms with Crippen molar-refractivity contribution in [3.63, 3.8) is 0 Å². The van der Waals surface area contributed by atoms with Crippen molar-refractivity contribution >= 4 is 15.7 Å². The Morgan fingerprint density at radius 2 is 2.13 bits per heavy atom. The maximum absolute atomic E-state index is 11.6. The van der Waals surface area contributed by atoms with Gasteiger partial charge in [0, 0.05) is 19.3 Å². The van der Waals surface area contributed by atoms with Gasteiger partial charge in [-0.25, -0.2) is 13.1 Å². The van der Waals surface area contributed by atoms with Crippen LogP contribution in [0.3, 0.4) is 0 Å². The molecule has 0 aliphatic carbocycles. The number of sulfonamides is 1. The molecular formula is C10H14N2O2S. The summed E-state index contributed by atoms with van der Waals surface area (Å²) in [6.45, 7) is 0.957. The quantitative estimate of drug-likeness (QED) is 0.803. The van der Waals surface area contributed by atoms with E-state index in [1.165, 1.54) is 12.6 Å². The average molecular weight is 226 g/mol. The molecule has 0 unspecified atom stereocenters. The van der Waals surface area contributed by atoms with Gasteiger partial charge in [-0.2, -0.15) is 0 Å². The standard InChI is InChI=1S/C10H14N2O2S/c1-11-15(13,14)9-4-3-8-5-6-12(2)10(8)7-9/h3-4,7,11H,5-6H2,1-2H3. The lowest BCUT2D eigenvalue weighted by atomic mass is 10.2. The molecule has 0 saturated heterocycles. The van der Waals surface area contributed by atoms with Crippen LogP contribution in [0.2, 0.25) is 0 Å². The second kappa shape index (κ2) is 3.50. The number of likely N-dealkylation sites (N-methyl/N-ethyl adjacent to an activating group) is 1. The van der Waals surface area contributed by atoms with Crippen molar-refractivity contribution in [3.8, 4) is 0 Å². The number of fused-ring (bicyclic) bond motifs is 1. The zero-order valence-corrected chi connectivity index (χ0v) is 9.63. The molecular weight excluding hydrogens is 212 g/mol. The molecule has 0 amide bonds. The van der Waals surface area contributed by atoms with Crippen molar-refractivity contribution in [2.45, 2.75) is 11.3 Å². The molecule has 0 atom stereocenters. The summed E-state index contributed by atoms with van der Waals surface area (Å²) in [5.41, 5.74) is 2.24. The topological polar surface area (TPSA) is 49.4 Å². The summed E-state index contributed by atoms with van der Waals surface area (Å²) in [6.07, 6.45) is 0.992. The normalized spacial score (nSPS) is 15.5. The van der Waals surface area contributed by atoms with E-state index >= 15 is 0 Å². The molecule has 15 heavy (non-hydrogen) atoms. The van der Waals surface area contributed by atoms with Gasteiger partial charge in [0.15, 0.2) is 0 Å². The van der Waals surface area contributed by atoms with Gasteiger partial charge < -0.3 is 4.90 Å². The zero-order chi connectivity index (χ0) is 11.1. The molecule has 1 aliphatic heterocycles. The fourth-order valence-electron chi connectivity index (χ4n) is 1.80. The lowest BCUT2D eigenvalue weighted by molar-refractivity contribution is 0.588. The minimum Gasteiger partial charge on any atom is -0.374 e. The Hall–Kier alpha value is -1.07. The van der Waals surface area contributed by atoms with Crippen LogP contribution in [0.1, 0.15) is 5.56 Å². The van der Waals surface area contributed by atoms with E-state index in [2.05, 4.69) is 9.62 Å². The molecule has 0 aromatic heterocycles. The summed E-state index contributed by atoms with van der Waals surface area (Å²) in [5.74, 6) is 0. The highest BCUT2D eigenvalue weighted by atomic mass is 32.2. The number of nitrogens with zero attached hydrogens (tertiary/aromatic N) is 1. The summed E-state index contributed by atoms with van der Waals surface area (Å²) in [5, 5.41) is 0. The Morgan fingerprint density at radius 1 is 1.40 bits per heavy atom. The maximum atomic E-state index is 11.6. The summed E-state index contributed by atoms with van der Waals surface area (Å²) in [7, 11) is 0.0768. The van der Waals surface area contributed by atoms with Crippen LogP contribution >= 0.6 is 0 Å². The molecule has 82 valence electrons. The molecule has 1 N–H and O–H groups in total. The van der Waals surface area contributed by atoms with E-state index in [1.54, 1.807) is 12.1 Å². The molecule has 0 bridgehead atoms. The van der Waals surface area contributed by atoms with Gasteiger partial charge in [0.2, 0.25) is 10.0 Å². The number of rotatable bonds is 2. The number of hydrogen-bond donors (Lipinski definition) is 1. The highest BCUT2D eigenvalue weighted by molar-refractivity contribution is 7.89. The molecule has 0 spiro atoms. The van der Waals surface area contributed by atoms with Gasteiger partial charge in [-0.05, 0) is 31.2 Å². The van der Waals surface area contributed by atoms with Crippen LogP contribution in [0.15, 0.2) is 23.1 Å². The molecule has 5 heteroatoms. The SMILES string of the molecule is CNS(=O)(=O)c1ccc2c(c1)N(C)CC2. The van der Waals surface area contributed by atoms with Gasteiger partial charge in [0.05, 0.1) is 4.90 Å². The Kier molecular flexibility index (Phi) is 2.44. The molecule has 0 saturated carbocycles. The van der Waals surface area contributed by atoms with Gasteiger partial charge in [0.25, 0.3) is 0 Å². The van der Waals surface area contributed by atoms with E-state index in [0.717, 1.165) is 18.7 Å². The van der Waals surface area contributed by atoms with Crippen molar-refractivity contribution in [1.29, 1.82) is 0 Å². The molecule has 0 fully saturated rings. The Morgan fingerprint density at radius 3 is 2.80 bits per heavy atom. The van der Waals surface area contributed by atoms with Gasteiger partial charge in [-0.15, -0.1) is 0 Å². The maximum Gasteiger partial charge on any atom is 0.240 e. The highest BCUT2D eigenvalue weighted by Gasteiger charge is 2.19. The first-order valence-corrected chi connectivity index (χ1v) is 6.30. The van der Waals surface area contributed by atoms with E-state index in [-0.39, 0.29) is 0 Å². The second-order valence-electron chi connectivity index (χ2n) is 3.67. The Bertz CT molecular complexity index is 482. The third-order valence-electron chi connectivity index (χ3n) is 2.76. The molecule has 4 nitrogen and oxygen atoms in total. The smallest absolute Gasteiger partial charge is 0.240 e. The van der Waals surface area contributed by atoms with E-state index in [1.807, 2.05) is 13.1 Å². The lowest BCUT2D eigenvalue weighted by Gasteiger charge is -2.12. The molecule has 1 aromatic rings. The summed E-state index contributed by atoms with van der Waals surface area (Å²) >= 11 is 0. The fourth-order valence-corrected chi connectivity index (χ4v) is 2.55. The number of benzene rings is 1. The minimum atomic E-state index is -3.32.